The molecule has 4 heterocycles. The largest absolute Gasteiger partial charge is 0.371 e. The van der Waals surface area contributed by atoms with Crippen molar-refractivity contribution >= 4 is 15.7 Å². The molecule has 0 saturated carbocycles. The van der Waals surface area contributed by atoms with Crippen LogP contribution in [0.5, 0.6) is 0 Å². The van der Waals surface area contributed by atoms with Crippen molar-refractivity contribution in [3.63, 3.8) is 0 Å². The van der Waals surface area contributed by atoms with Crippen LogP contribution in [-0.2, 0) is 16.4 Å². The fraction of sp³-hybridized carbons (Fsp3) is 0.478. The maximum Gasteiger partial charge on any atom is 0.240 e. The van der Waals surface area contributed by atoms with Crippen molar-refractivity contribution in [2.75, 3.05) is 37.6 Å². The third-order valence-electron chi connectivity index (χ3n) is 7.01. The van der Waals surface area contributed by atoms with Gasteiger partial charge in [0.25, 0.3) is 0 Å². The van der Waals surface area contributed by atoms with Gasteiger partial charge in [-0.25, -0.2) is 13.1 Å². The zero-order valence-corrected chi connectivity index (χ0v) is 17.5. The molecule has 4 atom stereocenters. The minimum Gasteiger partial charge on any atom is -0.371 e. The number of sulfonamides is 1. The summed E-state index contributed by atoms with van der Waals surface area (Å²) in [7, 11) is -3.43. The molecule has 0 radical (unpaired) electrons. The Bertz CT molecular complexity index is 963. The van der Waals surface area contributed by atoms with Crippen LogP contribution >= 0.6 is 0 Å². The number of para-hydroxylation sites is 1. The van der Waals surface area contributed by atoms with Crippen molar-refractivity contribution in [1.82, 2.24) is 9.62 Å². The monoisotopic (exact) mass is 411 g/mol. The summed E-state index contributed by atoms with van der Waals surface area (Å²) in [5, 5.41) is 0. The molecule has 4 aliphatic heterocycles. The molecular formula is C23H29N3O2S. The van der Waals surface area contributed by atoms with E-state index in [-0.39, 0.29) is 0 Å². The molecule has 0 spiro atoms. The Morgan fingerprint density at radius 2 is 1.79 bits per heavy atom. The third kappa shape index (κ3) is 3.81. The second kappa shape index (κ2) is 7.74. The smallest absolute Gasteiger partial charge is 0.240 e. The summed E-state index contributed by atoms with van der Waals surface area (Å²) in [5.74, 6) is 1.37. The highest BCUT2D eigenvalue weighted by molar-refractivity contribution is 7.89. The summed E-state index contributed by atoms with van der Waals surface area (Å²) in [6, 6.07) is 17.8. The van der Waals surface area contributed by atoms with E-state index in [1.165, 1.54) is 17.7 Å². The SMILES string of the molecule is O=S(=O)(NCC1CC2CCN1CC2CN1CCc2ccccc21)c1ccccc1. The first-order chi connectivity index (χ1) is 14.1. The van der Waals surface area contributed by atoms with Crippen LogP contribution in [0.1, 0.15) is 18.4 Å². The normalized spacial score (nSPS) is 28.5. The maximum atomic E-state index is 12.6. The molecule has 0 aromatic heterocycles. The minimum atomic E-state index is -3.43. The Balaban J connectivity index is 1.20. The van der Waals surface area contributed by atoms with Gasteiger partial charge in [0, 0.05) is 37.9 Å². The van der Waals surface area contributed by atoms with E-state index in [1.807, 2.05) is 6.07 Å². The van der Waals surface area contributed by atoms with Crippen LogP contribution in [0.3, 0.4) is 0 Å². The average Bonchev–Trinajstić information content (AvgIpc) is 3.17. The van der Waals surface area contributed by atoms with Gasteiger partial charge in [-0.15, -0.1) is 0 Å². The van der Waals surface area contributed by atoms with Crippen molar-refractivity contribution in [1.29, 1.82) is 0 Å². The molecule has 0 amide bonds. The number of fused-ring (bicyclic) bond motifs is 4. The Labute approximate surface area is 173 Å². The number of anilines is 1. The van der Waals surface area contributed by atoms with E-state index in [9.17, 15) is 8.42 Å². The number of piperidine rings is 3. The quantitative estimate of drug-likeness (QED) is 0.794. The second-order valence-corrected chi connectivity index (χ2v) is 10.4. The van der Waals surface area contributed by atoms with Gasteiger partial charge < -0.3 is 4.90 Å². The number of hydrogen-bond acceptors (Lipinski definition) is 4. The van der Waals surface area contributed by atoms with Crippen LogP contribution in [0.25, 0.3) is 0 Å². The number of benzene rings is 2. The molecule has 2 aromatic rings. The molecule has 2 bridgehead atoms. The lowest BCUT2D eigenvalue weighted by molar-refractivity contribution is 0.00670. The predicted molar refractivity (Wildman–Crippen MR) is 116 cm³/mol. The molecule has 4 aliphatic rings. The van der Waals surface area contributed by atoms with Crippen LogP contribution in [0.2, 0.25) is 0 Å². The Morgan fingerprint density at radius 3 is 2.59 bits per heavy atom. The van der Waals surface area contributed by atoms with Gasteiger partial charge in [-0.1, -0.05) is 36.4 Å². The number of hydrogen-bond donors (Lipinski definition) is 1. The Hall–Kier alpha value is -1.89. The van der Waals surface area contributed by atoms with E-state index >= 15 is 0 Å². The summed E-state index contributed by atoms with van der Waals surface area (Å²) in [4.78, 5) is 5.43. The summed E-state index contributed by atoms with van der Waals surface area (Å²) < 4.78 is 28.0. The molecule has 6 rings (SSSR count). The van der Waals surface area contributed by atoms with Crippen LogP contribution in [0, 0.1) is 11.8 Å². The van der Waals surface area contributed by atoms with Crippen molar-refractivity contribution in [2.45, 2.75) is 30.2 Å². The summed E-state index contributed by atoms with van der Waals surface area (Å²) in [5.41, 5.74) is 2.89. The van der Waals surface area contributed by atoms with Crippen molar-refractivity contribution in [3.05, 3.63) is 60.2 Å². The molecule has 3 fully saturated rings. The number of nitrogens with zero attached hydrogens (tertiary/aromatic N) is 2. The first kappa shape index (κ1) is 19.1. The van der Waals surface area contributed by atoms with Gasteiger partial charge in [0.2, 0.25) is 10.0 Å². The van der Waals surface area contributed by atoms with E-state index < -0.39 is 10.0 Å². The molecule has 29 heavy (non-hydrogen) atoms. The number of rotatable bonds is 6. The van der Waals surface area contributed by atoms with Gasteiger partial charge in [0.05, 0.1) is 4.90 Å². The summed E-state index contributed by atoms with van der Waals surface area (Å²) in [6.45, 7) is 4.94. The van der Waals surface area contributed by atoms with Crippen molar-refractivity contribution < 1.29 is 8.42 Å². The van der Waals surface area contributed by atoms with E-state index in [4.69, 9.17) is 0 Å². The number of nitrogens with one attached hydrogen (secondary N) is 1. The molecular weight excluding hydrogens is 382 g/mol. The first-order valence-corrected chi connectivity index (χ1v) is 12.2. The zero-order chi connectivity index (χ0) is 19.8. The van der Waals surface area contributed by atoms with Gasteiger partial charge in [-0.05, 0) is 61.4 Å². The molecule has 4 unspecified atom stereocenters. The highest BCUT2D eigenvalue weighted by Gasteiger charge is 2.41. The molecule has 0 aliphatic carbocycles. The van der Waals surface area contributed by atoms with Crippen molar-refractivity contribution in [2.24, 2.45) is 11.8 Å². The standard InChI is InChI=1S/C23H29N3O2S/c27-29(28,22-7-2-1-3-8-22)24-15-21-14-19-11-12-25(21)16-20(19)17-26-13-10-18-6-4-5-9-23(18)26/h1-9,19-21,24H,10-17H2. The van der Waals surface area contributed by atoms with Gasteiger partial charge in [-0.3, -0.25) is 4.90 Å². The molecule has 1 N–H and O–H groups in total. The predicted octanol–water partition coefficient (Wildman–Crippen LogP) is 2.74. The second-order valence-electron chi connectivity index (χ2n) is 8.68. The minimum absolute atomic E-state index is 0.314. The van der Waals surface area contributed by atoms with Crippen LogP contribution < -0.4 is 9.62 Å². The fourth-order valence-electron chi connectivity index (χ4n) is 5.44. The van der Waals surface area contributed by atoms with Gasteiger partial charge in [-0.2, -0.15) is 0 Å². The third-order valence-corrected chi connectivity index (χ3v) is 8.45. The zero-order valence-electron chi connectivity index (χ0n) is 16.7. The van der Waals surface area contributed by atoms with E-state index in [2.05, 4.69) is 38.8 Å². The highest BCUT2D eigenvalue weighted by atomic mass is 32.2. The van der Waals surface area contributed by atoms with Crippen molar-refractivity contribution in [3.8, 4) is 0 Å². The van der Waals surface area contributed by atoms with E-state index in [1.54, 1.807) is 24.3 Å². The molecule has 6 heteroatoms. The molecule has 154 valence electrons. The first-order valence-electron chi connectivity index (χ1n) is 10.7. The lowest BCUT2D eigenvalue weighted by atomic mass is 9.75. The topological polar surface area (TPSA) is 52.7 Å². The molecule has 2 aromatic carbocycles. The maximum absolute atomic E-state index is 12.6. The van der Waals surface area contributed by atoms with Crippen LogP contribution in [-0.4, -0.2) is 52.1 Å². The Morgan fingerprint density at radius 1 is 1.00 bits per heavy atom. The Kier molecular flexibility index (Phi) is 5.10. The summed E-state index contributed by atoms with van der Waals surface area (Å²) >= 11 is 0. The molecule has 5 nitrogen and oxygen atoms in total. The van der Waals surface area contributed by atoms with Crippen LogP contribution in [0.15, 0.2) is 59.5 Å². The van der Waals surface area contributed by atoms with Gasteiger partial charge in [0.15, 0.2) is 0 Å². The highest BCUT2D eigenvalue weighted by Crippen LogP contribution is 2.38. The van der Waals surface area contributed by atoms with E-state index in [0.29, 0.717) is 29.3 Å². The van der Waals surface area contributed by atoms with E-state index in [0.717, 1.165) is 39.0 Å². The lowest BCUT2D eigenvalue weighted by Crippen LogP contribution is -2.58. The molecule has 3 saturated heterocycles. The fourth-order valence-corrected chi connectivity index (χ4v) is 6.53. The van der Waals surface area contributed by atoms with Gasteiger partial charge in [0.1, 0.15) is 0 Å². The lowest BCUT2D eigenvalue weighted by Gasteiger charge is -2.50. The van der Waals surface area contributed by atoms with Gasteiger partial charge >= 0.3 is 0 Å². The van der Waals surface area contributed by atoms with Crippen LogP contribution in [0.4, 0.5) is 5.69 Å². The summed E-state index contributed by atoms with van der Waals surface area (Å²) in [6.07, 6.45) is 3.49. The average molecular weight is 412 g/mol.